The molecule has 0 unspecified atom stereocenters. The van der Waals surface area contributed by atoms with Crippen molar-refractivity contribution in [2.75, 3.05) is 13.2 Å². The molecule has 1 heterocycles. The van der Waals surface area contributed by atoms with E-state index in [1.807, 2.05) is 0 Å². The highest BCUT2D eigenvalue weighted by molar-refractivity contribution is 5.84. The van der Waals surface area contributed by atoms with E-state index in [2.05, 4.69) is 10.3 Å². The lowest BCUT2D eigenvalue weighted by Gasteiger charge is -2.16. The Hall–Kier alpha value is -2.68. The lowest BCUT2D eigenvalue weighted by atomic mass is 10.1. The summed E-state index contributed by atoms with van der Waals surface area (Å²) in [5.41, 5.74) is 1.43. The van der Waals surface area contributed by atoms with Crippen LogP contribution >= 0.6 is 0 Å². The van der Waals surface area contributed by atoms with Gasteiger partial charge in [-0.05, 0) is 48.4 Å². The van der Waals surface area contributed by atoms with E-state index in [0.29, 0.717) is 30.6 Å². The van der Waals surface area contributed by atoms with Gasteiger partial charge in [0, 0.05) is 18.1 Å². The monoisotopic (exact) mass is 416 g/mol. The molecule has 3 aromatic rings. The van der Waals surface area contributed by atoms with Gasteiger partial charge in [0.2, 0.25) is 0 Å². The minimum absolute atomic E-state index is 0.0544. The Morgan fingerprint density at radius 3 is 2.59 bits per heavy atom. The first-order chi connectivity index (χ1) is 13.8. The maximum absolute atomic E-state index is 14.0. The number of rotatable bonds is 9. The molecule has 0 aliphatic carbocycles. The van der Waals surface area contributed by atoms with Crippen molar-refractivity contribution in [3.63, 3.8) is 0 Å². The molecule has 9 heteroatoms. The number of halogens is 6. The molecule has 0 bridgehead atoms. The zero-order valence-electron chi connectivity index (χ0n) is 15.1. The molecule has 1 aromatic heterocycles. The van der Waals surface area contributed by atoms with E-state index in [9.17, 15) is 26.3 Å². The van der Waals surface area contributed by atoms with Crippen molar-refractivity contribution in [1.29, 1.82) is 0 Å². The first-order valence-corrected chi connectivity index (χ1v) is 8.80. The number of hydrogen-bond donors (Lipinski definition) is 2. The smallest absolute Gasteiger partial charge is 0.340 e. The first-order valence-electron chi connectivity index (χ1n) is 8.80. The summed E-state index contributed by atoms with van der Waals surface area (Å²) < 4.78 is 82.7. The van der Waals surface area contributed by atoms with Gasteiger partial charge in [-0.15, -0.1) is 0 Å². The third-order valence-electron chi connectivity index (χ3n) is 4.36. The average molecular weight is 416 g/mol. The molecular formula is C20H18F6N2O. The average Bonchev–Trinajstić information content (AvgIpc) is 3.12. The van der Waals surface area contributed by atoms with Crippen molar-refractivity contribution in [3.8, 4) is 5.75 Å². The van der Waals surface area contributed by atoms with Gasteiger partial charge in [-0.3, -0.25) is 0 Å². The summed E-state index contributed by atoms with van der Waals surface area (Å²) in [6, 6.07) is 8.27. The highest BCUT2D eigenvalue weighted by Crippen LogP contribution is 2.25. The number of ether oxygens (including phenoxy) is 1. The number of alkyl halides is 4. The summed E-state index contributed by atoms with van der Waals surface area (Å²) in [5.74, 6) is -5.21. The molecule has 3 nitrogen and oxygen atoms in total. The number of H-pyrrole nitrogens is 1. The summed E-state index contributed by atoms with van der Waals surface area (Å²) in [4.78, 5) is 2.72. The molecule has 0 aliphatic rings. The molecule has 0 spiro atoms. The lowest BCUT2D eigenvalue weighted by molar-refractivity contribution is -0.148. The molecule has 0 atom stereocenters. The van der Waals surface area contributed by atoms with Crippen molar-refractivity contribution in [1.82, 2.24) is 10.3 Å². The van der Waals surface area contributed by atoms with Crippen molar-refractivity contribution in [2.24, 2.45) is 0 Å². The molecule has 3 rings (SSSR count). The van der Waals surface area contributed by atoms with Crippen LogP contribution in [0, 0.1) is 11.6 Å². The van der Waals surface area contributed by atoms with Crippen LogP contribution in [0.2, 0.25) is 0 Å². The highest BCUT2D eigenvalue weighted by atomic mass is 19.3. The van der Waals surface area contributed by atoms with Crippen molar-refractivity contribution >= 4 is 10.9 Å². The fourth-order valence-electron chi connectivity index (χ4n) is 2.88. The number of aromatic amines is 1. The van der Waals surface area contributed by atoms with Crippen LogP contribution in [0.5, 0.6) is 5.75 Å². The zero-order valence-corrected chi connectivity index (χ0v) is 15.1. The molecule has 156 valence electrons. The van der Waals surface area contributed by atoms with Gasteiger partial charge in [0.25, 0.3) is 0 Å². The number of nitrogens with one attached hydrogen (secondary N) is 2. The van der Waals surface area contributed by atoms with Crippen LogP contribution in [-0.4, -0.2) is 30.5 Å². The van der Waals surface area contributed by atoms with Crippen molar-refractivity contribution in [3.05, 3.63) is 65.4 Å². The Morgan fingerprint density at radius 2 is 1.83 bits per heavy atom. The number of aromatic nitrogens is 1. The van der Waals surface area contributed by atoms with E-state index in [1.165, 1.54) is 12.1 Å². The predicted octanol–water partition coefficient (Wildman–Crippen LogP) is 5.06. The number of benzene rings is 2. The van der Waals surface area contributed by atoms with Gasteiger partial charge in [0.05, 0.1) is 5.52 Å². The fourth-order valence-corrected chi connectivity index (χ4v) is 2.88. The number of hydrogen-bond acceptors (Lipinski definition) is 2. The normalized spacial score (nSPS) is 12.1. The standard InChI is InChI=1S/C20H18F6N2O/c21-15-4-5-16(22)18-17(15)13(10-28-18)6-7-27-9-12-2-1-3-14(8-12)29-11-20(25,26)19(23)24/h1-5,8,10,19,27-28H,6-7,9,11H2. The van der Waals surface area contributed by atoms with E-state index < -0.39 is 30.6 Å². The Balaban J connectivity index is 1.53. The lowest BCUT2D eigenvalue weighted by Crippen LogP contribution is -2.33. The van der Waals surface area contributed by atoms with Gasteiger partial charge < -0.3 is 15.0 Å². The van der Waals surface area contributed by atoms with Crippen LogP contribution in [0.15, 0.2) is 42.6 Å². The summed E-state index contributed by atoms with van der Waals surface area (Å²) >= 11 is 0. The maximum atomic E-state index is 14.0. The molecule has 2 aromatic carbocycles. The molecule has 0 radical (unpaired) electrons. The van der Waals surface area contributed by atoms with Crippen LogP contribution in [0.3, 0.4) is 0 Å². The molecule has 29 heavy (non-hydrogen) atoms. The Morgan fingerprint density at radius 1 is 1.07 bits per heavy atom. The van der Waals surface area contributed by atoms with Gasteiger partial charge in [-0.2, -0.15) is 8.78 Å². The van der Waals surface area contributed by atoms with Gasteiger partial charge in [0.1, 0.15) is 17.4 Å². The second kappa shape index (κ2) is 8.77. The Bertz CT molecular complexity index is 973. The molecule has 0 saturated heterocycles. The largest absolute Gasteiger partial charge is 0.487 e. The predicted molar refractivity (Wildman–Crippen MR) is 96.5 cm³/mol. The molecule has 2 N–H and O–H groups in total. The second-order valence-electron chi connectivity index (χ2n) is 6.52. The molecule has 0 aliphatic heterocycles. The summed E-state index contributed by atoms with van der Waals surface area (Å²) in [6.45, 7) is -0.622. The van der Waals surface area contributed by atoms with Gasteiger partial charge in [-0.1, -0.05) is 12.1 Å². The van der Waals surface area contributed by atoms with Crippen LogP contribution in [0.1, 0.15) is 11.1 Å². The summed E-state index contributed by atoms with van der Waals surface area (Å²) in [6.07, 6.45) is -1.82. The quantitative estimate of drug-likeness (QED) is 0.378. The van der Waals surface area contributed by atoms with Crippen LogP contribution in [-0.2, 0) is 13.0 Å². The maximum Gasteiger partial charge on any atom is 0.340 e. The van der Waals surface area contributed by atoms with E-state index in [0.717, 1.165) is 12.1 Å². The second-order valence-corrected chi connectivity index (χ2v) is 6.52. The number of fused-ring (bicyclic) bond motifs is 1. The van der Waals surface area contributed by atoms with Gasteiger partial charge >= 0.3 is 12.3 Å². The van der Waals surface area contributed by atoms with Gasteiger partial charge in [0.15, 0.2) is 6.61 Å². The summed E-state index contributed by atoms with van der Waals surface area (Å²) in [7, 11) is 0. The van der Waals surface area contributed by atoms with E-state index in [1.54, 1.807) is 18.3 Å². The van der Waals surface area contributed by atoms with E-state index in [-0.39, 0.29) is 16.7 Å². The summed E-state index contributed by atoms with van der Waals surface area (Å²) in [5, 5.41) is 3.31. The molecule has 0 fully saturated rings. The van der Waals surface area contributed by atoms with Crippen LogP contribution in [0.4, 0.5) is 26.3 Å². The zero-order chi connectivity index (χ0) is 21.0. The third-order valence-corrected chi connectivity index (χ3v) is 4.36. The van der Waals surface area contributed by atoms with Crippen molar-refractivity contribution in [2.45, 2.75) is 25.3 Å². The third kappa shape index (κ3) is 5.03. The Labute approximate surface area is 162 Å². The first kappa shape index (κ1) is 21.0. The van der Waals surface area contributed by atoms with E-state index >= 15 is 0 Å². The van der Waals surface area contributed by atoms with Crippen LogP contribution in [0.25, 0.3) is 10.9 Å². The SMILES string of the molecule is Fc1ccc(F)c2c(CCNCc3cccc(OCC(F)(F)C(F)F)c3)c[nH]c12. The van der Waals surface area contributed by atoms with E-state index in [4.69, 9.17) is 4.74 Å². The van der Waals surface area contributed by atoms with Crippen molar-refractivity contribution < 1.29 is 31.1 Å². The molecular weight excluding hydrogens is 398 g/mol. The highest BCUT2D eigenvalue weighted by Gasteiger charge is 2.41. The minimum Gasteiger partial charge on any atom is -0.487 e. The fraction of sp³-hybridized carbons (Fsp3) is 0.300. The molecule has 0 saturated carbocycles. The van der Waals surface area contributed by atoms with Crippen LogP contribution < -0.4 is 10.1 Å². The Kier molecular flexibility index (Phi) is 6.36. The molecule has 0 amide bonds. The van der Waals surface area contributed by atoms with Gasteiger partial charge in [-0.25, -0.2) is 17.6 Å². The minimum atomic E-state index is -4.22. The topological polar surface area (TPSA) is 37.0 Å².